The summed E-state index contributed by atoms with van der Waals surface area (Å²) in [6.07, 6.45) is 4.22. The molecule has 0 aliphatic carbocycles. The third-order valence-electron chi connectivity index (χ3n) is 3.71. The van der Waals surface area contributed by atoms with Crippen molar-refractivity contribution in [2.45, 2.75) is 38.6 Å². The van der Waals surface area contributed by atoms with Gasteiger partial charge in [-0.2, -0.15) is 0 Å². The van der Waals surface area contributed by atoms with Gasteiger partial charge in [0.25, 0.3) is 0 Å². The molecule has 1 aromatic heterocycles. The Labute approximate surface area is 119 Å². The average molecular weight is 280 g/mol. The van der Waals surface area contributed by atoms with Gasteiger partial charge in [0.15, 0.2) is 5.82 Å². The van der Waals surface area contributed by atoms with Crippen LogP contribution in [0.2, 0.25) is 0 Å². The van der Waals surface area contributed by atoms with Crippen molar-refractivity contribution in [1.82, 2.24) is 15.4 Å². The van der Waals surface area contributed by atoms with E-state index in [-0.39, 0.29) is 5.91 Å². The zero-order valence-electron chi connectivity index (χ0n) is 12.3. The number of hydrogen-bond donors (Lipinski definition) is 2. The Balaban J connectivity index is 1.76. The number of likely N-dealkylation sites (tertiary alicyclic amines) is 1. The molecule has 0 bridgehead atoms. The minimum absolute atomic E-state index is 0.00733. The van der Waals surface area contributed by atoms with Crippen molar-refractivity contribution >= 4 is 11.7 Å². The second-order valence-electron chi connectivity index (χ2n) is 5.36. The number of rotatable bonds is 6. The highest BCUT2D eigenvalue weighted by Crippen LogP contribution is 2.16. The van der Waals surface area contributed by atoms with Crippen LogP contribution in [0.15, 0.2) is 10.6 Å². The van der Waals surface area contributed by atoms with Gasteiger partial charge >= 0.3 is 0 Å². The van der Waals surface area contributed by atoms with Crippen molar-refractivity contribution < 1.29 is 9.32 Å². The molecule has 6 heteroatoms. The summed E-state index contributed by atoms with van der Waals surface area (Å²) in [5.74, 6) is 1.19. The number of aryl methyl sites for hydroxylation is 1. The van der Waals surface area contributed by atoms with Gasteiger partial charge in [-0.15, -0.1) is 0 Å². The lowest BCUT2D eigenvalue weighted by molar-refractivity contribution is -0.116. The normalized spacial score (nSPS) is 20.0. The molecule has 6 nitrogen and oxygen atoms in total. The van der Waals surface area contributed by atoms with Crippen molar-refractivity contribution in [3.05, 3.63) is 11.8 Å². The number of nitrogens with one attached hydrogen (secondary N) is 2. The quantitative estimate of drug-likeness (QED) is 0.824. The highest BCUT2D eigenvalue weighted by atomic mass is 16.5. The maximum absolute atomic E-state index is 11.9. The zero-order valence-corrected chi connectivity index (χ0v) is 12.3. The predicted molar refractivity (Wildman–Crippen MR) is 77.6 cm³/mol. The monoisotopic (exact) mass is 280 g/mol. The molecule has 1 saturated heterocycles. The molecule has 1 aliphatic rings. The molecule has 1 atom stereocenters. The van der Waals surface area contributed by atoms with E-state index in [1.807, 2.05) is 7.05 Å². The molecular weight excluding hydrogens is 256 g/mol. The fraction of sp³-hybridized carbons (Fsp3) is 0.714. The van der Waals surface area contributed by atoms with E-state index in [1.165, 1.54) is 19.3 Å². The van der Waals surface area contributed by atoms with Crippen molar-refractivity contribution in [2.75, 3.05) is 32.0 Å². The minimum Gasteiger partial charge on any atom is -0.360 e. The van der Waals surface area contributed by atoms with Crippen molar-refractivity contribution in [2.24, 2.45) is 0 Å². The summed E-state index contributed by atoms with van der Waals surface area (Å²) in [7, 11) is 1.98. The first-order valence-corrected chi connectivity index (χ1v) is 7.31. The number of carbonyl (C=O) groups excluding carboxylic acids is 1. The molecule has 1 aliphatic heterocycles. The molecule has 1 amide bonds. The zero-order chi connectivity index (χ0) is 14.4. The number of nitrogens with zero attached hydrogens (tertiary/aromatic N) is 2. The Morgan fingerprint density at radius 2 is 2.40 bits per heavy atom. The van der Waals surface area contributed by atoms with Gasteiger partial charge in [-0.05, 0) is 33.4 Å². The molecule has 112 valence electrons. The standard InChI is InChI=1S/C14H24N4O2/c1-11-9-13(17-20-11)16-14(19)6-8-18-7-4-3-5-12(18)10-15-2/h9,12,15H,3-8,10H2,1-2H3,(H,16,17,19). The first kappa shape index (κ1) is 15.0. The van der Waals surface area contributed by atoms with Gasteiger partial charge in [-0.1, -0.05) is 11.6 Å². The van der Waals surface area contributed by atoms with Gasteiger partial charge in [0, 0.05) is 31.6 Å². The molecule has 1 fully saturated rings. The molecule has 0 spiro atoms. The predicted octanol–water partition coefficient (Wildman–Crippen LogP) is 1.39. The van der Waals surface area contributed by atoms with Crippen LogP contribution in [0.3, 0.4) is 0 Å². The van der Waals surface area contributed by atoms with Crippen LogP contribution in [0.4, 0.5) is 5.82 Å². The summed E-state index contributed by atoms with van der Waals surface area (Å²) in [6.45, 7) is 4.68. The summed E-state index contributed by atoms with van der Waals surface area (Å²) in [5.41, 5.74) is 0. The third kappa shape index (κ3) is 4.31. The van der Waals surface area contributed by atoms with Crippen LogP contribution in [-0.2, 0) is 4.79 Å². The van der Waals surface area contributed by atoms with Crippen LogP contribution in [0.5, 0.6) is 0 Å². The Hall–Kier alpha value is -1.40. The van der Waals surface area contributed by atoms with Gasteiger partial charge in [0.05, 0.1) is 0 Å². The van der Waals surface area contributed by atoms with Crippen molar-refractivity contribution in [3.8, 4) is 0 Å². The van der Waals surface area contributed by atoms with Gasteiger partial charge < -0.3 is 15.2 Å². The van der Waals surface area contributed by atoms with E-state index >= 15 is 0 Å². The van der Waals surface area contributed by atoms with E-state index in [4.69, 9.17) is 4.52 Å². The fourth-order valence-electron chi connectivity index (χ4n) is 2.70. The van der Waals surface area contributed by atoms with E-state index in [0.29, 0.717) is 24.0 Å². The second-order valence-corrected chi connectivity index (χ2v) is 5.36. The fourth-order valence-corrected chi connectivity index (χ4v) is 2.70. The number of amides is 1. The van der Waals surface area contributed by atoms with Crippen LogP contribution in [0.25, 0.3) is 0 Å². The Morgan fingerprint density at radius 3 is 3.10 bits per heavy atom. The number of hydrogen-bond acceptors (Lipinski definition) is 5. The molecular formula is C14H24N4O2. The molecule has 0 radical (unpaired) electrons. The SMILES string of the molecule is CNCC1CCCCN1CCC(=O)Nc1cc(C)on1. The number of aromatic nitrogens is 1. The largest absolute Gasteiger partial charge is 0.360 e. The first-order valence-electron chi connectivity index (χ1n) is 7.31. The number of piperidine rings is 1. The molecule has 1 aromatic rings. The van der Waals surface area contributed by atoms with Crippen LogP contribution in [0.1, 0.15) is 31.4 Å². The van der Waals surface area contributed by atoms with E-state index in [2.05, 4.69) is 20.7 Å². The summed E-state index contributed by atoms with van der Waals surface area (Å²) >= 11 is 0. The van der Waals surface area contributed by atoms with E-state index in [9.17, 15) is 4.79 Å². The Bertz CT molecular complexity index is 431. The molecule has 0 saturated carbocycles. The minimum atomic E-state index is -0.00733. The maximum Gasteiger partial charge on any atom is 0.226 e. The second kappa shape index (κ2) is 7.40. The van der Waals surface area contributed by atoms with Crippen LogP contribution in [-0.4, -0.2) is 48.7 Å². The van der Waals surface area contributed by atoms with Gasteiger partial charge in [-0.3, -0.25) is 9.69 Å². The first-order chi connectivity index (χ1) is 9.69. The summed E-state index contributed by atoms with van der Waals surface area (Å²) in [6, 6.07) is 2.28. The molecule has 2 heterocycles. The smallest absolute Gasteiger partial charge is 0.226 e. The van der Waals surface area contributed by atoms with Crippen LogP contribution in [0, 0.1) is 6.92 Å². The number of anilines is 1. The molecule has 2 N–H and O–H groups in total. The average Bonchev–Trinajstić information content (AvgIpc) is 2.83. The molecule has 0 aromatic carbocycles. The topological polar surface area (TPSA) is 70.4 Å². The summed E-state index contributed by atoms with van der Waals surface area (Å²) in [5, 5.41) is 9.76. The number of likely N-dealkylation sites (N-methyl/N-ethyl adjacent to an activating group) is 1. The Kier molecular flexibility index (Phi) is 5.55. The van der Waals surface area contributed by atoms with Crippen molar-refractivity contribution in [1.29, 1.82) is 0 Å². The van der Waals surface area contributed by atoms with E-state index in [1.54, 1.807) is 13.0 Å². The lowest BCUT2D eigenvalue weighted by atomic mass is 10.0. The lowest BCUT2D eigenvalue weighted by Gasteiger charge is -2.35. The van der Waals surface area contributed by atoms with Crippen LogP contribution >= 0.6 is 0 Å². The maximum atomic E-state index is 11.9. The molecule has 20 heavy (non-hydrogen) atoms. The molecule has 2 rings (SSSR count). The van der Waals surface area contributed by atoms with Crippen molar-refractivity contribution in [3.63, 3.8) is 0 Å². The third-order valence-corrected chi connectivity index (χ3v) is 3.71. The van der Waals surface area contributed by atoms with E-state index < -0.39 is 0 Å². The Morgan fingerprint density at radius 1 is 1.55 bits per heavy atom. The lowest BCUT2D eigenvalue weighted by Crippen LogP contribution is -2.45. The van der Waals surface area contributed by atoms with E-state index in [0.717, 1.165) is 19.6 Å². The van der Waals surface area contributed by atoms with Gasteiger partial charge in [-0.25, -0.2) is 0 Å². The molecule has 1 unspecified atom stereocenters. The van der Waals surface area contributed by atoms with Crippen LogP contribution < -0.4 is 10.6 Å². The van der Waals surface area contributed by atoms with Gasteiger partial charge in [0.1, 0.15) is 5.76 Å². The highest BCUT2D eigenvalue weighted by molar-refractivity contribution is 5.89. The summed E-state index contributed by atoms with van der Waals surface area (Å²) < 4.78 is 4.93. The number of carbonyl (C=O) groups is 1. The summed E-state index contributed by atoms with van der Waals surface area (Å²) in [4.78, 5) is 14.3. The van der Waals surface area contributed by atoms with Gasteiger partial charge in [0.2, 0.25) is 5.91 Å². The highest BCUT2D eigenvalue weighted by Gasteiger charge is 2.22.